The highest BCUT2D eigenvalue weighted by atomic mass is 19.1. The lowest BCUT2D eigenvalue weighted by Crippen LogP contribution is -2.27. The van der Waals surface area contributed by atoms with Crippen molar-refractivity contribution in [3.8, 4) is 0 Å². The molecule has 0 saturated carbocycles. The molecule has 3 heteroatoms. The fourth-order valence-corrected chi connectivity index (χ4v) is 3.03. The first kappa shape index (κ1) is 14.0. The summed E-state index contributed by atoms with van der Waals surface area (Å²) in [6.45, 7) is 7.87. The number of nitrogens with zero attached hydrogens (tertiary/aromatic N) is 1. The molecule has 0 amide bonds. The lowest BCUT2D eigenvalue weighted by atomic mass is 9.82. The van der Waals surface area contributed by atoms with Gasteiger partial charge in [0.1, 0.15) is 5.82 Å². The van der Waals surface area contributed by atoms with Gasteiger partial charge in [-0.15, -0.1) is 0 Å². The van der Waals surface area contributed by atoms with Gasteiger partial charge in [0, 0.05) is 24.3 Å². The third-order valence-electron chi connectivity index (χ3n) is 4.62. The van der Waals surface area contributed by atoms with Crippen molar-refractivity contribution in [1.82, 2.24) is 0 Å². The predicted molar refractivity (Wildman–Crippen MR) is 76.2 cm³/mol. The highest BCUT2D eigenvalue weighted by Crippen LogP contribution is 2.40. The molecule has 0 spiro atoms. The Hall–Kier alpha value is -1.38. The zero-order chi connectivity index (χ0) is 14.0. The predicted octanol–water partition coefficient (Wildman–Crippen LogP) is 4.04. The van der Waals surface area contributed by atoms with Crippen LogP contribution < -0.4 is 4.90 Å². The van der Waals surface area contributed by atoms with Crippen LogP contribution in [-0.4, -0.2) is 18.9 Å². The number of carbonyl (C=O) groups is 1. The minimum Gasteiger partial charge on any atom is -0.370 e. The fraction of sp³-hybridized carbons (Fsp3) is 0.562. The van der Waals surface area contributed by atoms with Crippen molar-refractivity contribution in [2.24, 2.45) is 5.41 Å². The molecule has 0 N–H and O–H groups in total. The number of halogens is 1. The summed E-state index contributed by atoms with van der Waals surface area (Å²) in [6, 6.07) is 4.54. The van der Waals surface area contributed by atoms with Gasteiger partial charge in [-0.25, -0.2) is 4.39 Å². The Balaban J connectivity index is 2.31. The third kappa shape index (κ3) is 2.65. The number of carbonyl (C=O) groups excluding carboxylic acids is 1. The van der Waals surface area contributed by atoms with Crippen LogP contribution in [-0.2, 0) is 0 Å². The summed E-state index contributed by atoms with van der Waals surface area (Å²) in [5, 5.41) is 0. The Labute approximate surface area is 114 Å². The average molecular weight is 263 g/mol. The van der Waals surface area contributed by atoms with E-state index in [0.717, 1.165) is 38.0 Å². The maximum Gasteiger partial charge on any atom is 0.161 e. The number of ketones is 1. The van der Waals surface area contributed by atoms with Crippen LogP contribution in [0.25, 0.3) is 0 Å². The minimum atomic E-state index is -0.342. The molecule has 1 fully saturated rings. The molecule has 1 aromatic carbocycles. The zero-order valence-electron chi connectivity index (χ0n) is 12.0. The number of Topliss-reactive ketones (excluding diaryl/α,β-unsaturated/α-hetero) is 1. The molecule has 0 atom stereocenters. The number of hydrogen-bond donors (Lipinski definition) is 0. The van der Waals surface area contributed by atoms with Crippen molar-refractivity contribution in [1.29, 1.82) is 0 Å². The van der Waals surface area contributed by atoms with Crippen LogP contribution in [0.1, 0.15) is 50.4 Å². The van der Waals surface area contributed by atoms with Gasteiger partial charge in [0.15, 0.2) is 5.78 Å². The normalized spacial score (nSPS) is 17.8. The number of hydrogen-bond acceptors (Lipinski definition) is 2. The largest absolute Gasteiger partial charge is 0.370 e. The summed E-state index contributed by atoms with van der Waals surface area (Å²) in [5.41, 5.74) is 1.74. The monoisotopic (exact) mass is 263 g/mol. The first-order valence-electron chi connectivity index (χ1n) is 7.07. The van der Waals surface area contributed by atoms with E-state index in [4.69, 9.17) is 0 Å². The van der Waals surface area contributed by atoms with E-state index < -0.39 is 0 Å². The van der Waals surface area contributed by atoms with Crippen LogP contribution in [0.4, 0.5) is 10.1 Å². The van der Waals surface area contributed by atoms with E-state index in [1.807, 2.05) is 0 Å². The second kappa shape index (κ2) is 5.32. The van der Waals surface area contributed by atoms with Gasteiger partial charge >= 0.3 is 0 Å². The molecule has 0 aromatic heterocycles. The molecular formula is C16H22FNO. The average Bonchev–Trinajstić information content (AvgIpc) is 2.83. The number of anilines is 1. The van der Waals surface area contributed by atoms with Crippen molar-refractivity contribution in [3.63, 3.8) is 0 Å². The topological polar surface area (TPSA) is 20.3 Å². The molecule has 2 nitrogen and oxygen atoms in total. The molecule has 1 heterocycles. The Morgan fingerprint density at radius 2 is 2.05 bits per heavy atom. The maximum absolute atomic E-state index is 13.3. The summed E-state index contributed by atoms with van der Waals surface area (Å²) >= 11 is 0. The maximum atomic E-state index is 13.3. The van der Waals surface area contributed by atoms with Gasteiger partial charge in [-0.2, -0.15) is 0 Å². The van der Waals surface area contributed by atoms with Crippen LogP contribution in [0.5, 0.6) is 0 Å². The lowest BCUT2D eigenvalue weighted by Gasteiger charge is -2.28. The van der Waals surface area contributed by atoms with Crippen LogP contribution in [0.2, 0.25) is 0 Å². The van der Waals surface area contributed by atoms with Gasteiger partial charge in [-0.1, -0.05) is 13.8 Å². The summed E-state index contributed by atoms with van der Waals surface area (Å²) in [5.74, 6) is -0.412. The first-order valence-corrected chi connectivity index (χ1v) is 7.07. The summed E-state index contributed by atoms with van der Waals surface area (Å²) in [6.07, 6.45) is 3.45. The van der Waals surface area contributed by atoms with Gasteiger partial charge in [-0.3, -0.25) is 4.79 Å². The van der Waals surface area contributed by atoms with E-state index in [-0.39, 0.29) is 11.6 Å². The van der Waals surface area contributed by atoms with E-state index >= 15 is 0 Å². The third-order valence-corrected chi connectivity index (χ3v) is 4.62. The van der Waals surface area contributed by atoms with Gasteiger partial charge < -0.3 is 4.90 Å². The fourth-order valence-electron chi connectivity index (χ4n) is 3.03. The van der Waals surface area contributed by atoms with Crippen molar-refractivity contribution in [3.05, 3.63) is 29.6 Å². The van der Waals surface area contributed by atoms with Gasteiger partial charge in [-0.05, 0) is 49.8 Å². The smallest absolute Gasteiger partial charge is 0.161 e. The standard InChI is InChI=1S/C16H22FNO/c1-4-16(5-2)8-9-18(11-16)15-7-6-13(17)10-14(15)12(3)19/h6-7,10H,4-5,8-9,11H2,1-3H3. The van der Waals surface area contributed by atoms with Crippen molar-refractivity contribution in [2.45, 2.75) is 40.0 Å². The van der Waals surface area contributed by atoms with Crippen LogP contribution in [0.3, 0.4) is 0 Å². The second-order valence-electron chi connectivity index (χ2n) is 5.60. The van der Waals surface area contributed by atoms with Crippen molar-refractivity contribution < 1.29 is 9.18 Å². The van der Waals surface area contributed by atoms with Crippen LogP contribution in [0, 0.1) is 11.2 Å². The van der Waals surface area contributed by atoms with E-state index in [1.54, 1.807) is 6.07 Å². The molecule has 19 heavy (non-hydrogen) atoms. The van der Waals surface area contributed by atoms with Gasteiger partial charge in [0.05, 0.1) is 0 Å². The van der Waals surface area contributed by atoms with Gasteiger partial charge in [0.2, 0.25) is 0 Å². The second-order valence-corrected chi connectivity index (χ2v) is 5.60. The van der Waals surface area contributed by atoms with E-state index in [1.165, 1.54) is 19.1 Å². The van der Waals surface area contributed by atoms with E-state index in [2.05, 4.69) is 18.7 Å². The molecule has 0 aliphatic carbocycles. The Kier molecular flexibility index (Phi) is 3.93. The Morgan fingerprint density at radius 3 is 2.58 bits per heavy atom. The number of rotatable bonds is 4. The molecule has 104 valence electrons. The highest BCUT2D eigenvalue weighted by Gasteiger charge is 2.35. The molecule has 1 aliphatic heterocycles. The van der Waals surface area contributed by atoms with Crippen molar-refractivity contribution in [2.75, 3.05) is 18.0 Å². The molecule has 1 aromatic rings. The SMILES string of the molecule is CCC1(CC)CCN(c2ccc(F)cc2C(C)=O)C1. The van der Waals surface area contributed by atoms with E-state index in [0.29, 0.717) is 11.0 Å². The molecule has 1 saturated heterocycles. The van der Waals surface area contributed by atoms with Crippen LogP contribution >= 0.6 is 0 Å². The lowest BCUT2D eigenvalue weighted by molar-refractivity contribution is 0.101. The first-order chi connectivity index (χ1) is 9.01. The summed E-state index contributed by atoms with van der Waals surface area (Å²) in [4.78, 5) is 13.9. The molecule has 2 rings (SSSR count). The van der Waals surface area contributed by atoms with Crippen LogP contribution in [0.15, 0.2) is 18.2 Å². The molecular weight excluding hydrogens is 241 g/mol. The summed E-state index contributed by atoms with van der Waals surface area (Å²) in [7, 11) is 0. The minimum absolute atomic E-state index is 0.0694. The molecule has 1 aliphatic rings. The molecule has 0 radical (unpaired) electrons. The molecule has 0 unspecified atom stereocenters. The number of benzene rings is 1. The Morgan fingerprint density at radius 1 is 1.37 bits per heavy atom. The van der Waals surface area contributed by atoms with Crippen molar-refractivity contribution >= 4 is 11.5 Å². The van der Waals surface area contributed by atoms with Gasteiger partial charge in [0.25, 0.3) is 0 Å². The highest BCUT2D eigenvalue weighted by molar-refractivity contribution is 5.99. The summed E-state index contributed by atoms with van der Waals surface area (Å²) < 4.78 is 13.3. The van der Waals surface area contributed by atoms with E-state index in [9.17, 15) is 9.18 Å². The zero-order valence-corrected chi connectivity index (χ0v) is 12.0. The molecule has 0 bridgehead atoms. The Bertz CT molecular complexity index is 480. The quantitative estimate of drug-likeness (QED) is 0.764.